The maximum atomic E-state index is 12.8. The van der Waals surface area contributed by atoms with Crippen molar-refractivity contribution in [2.24, 2.45) is 11.3 Å². The lowest BCUT2D eigenvalue weighted by molar-refractivity contribution is -0.133. The Bertz CT molecular complexity index is 354. The Morgan fingerprint density at radius 1 is 1.10 bits per heavy atom. The summed E-state index contributed by atoms with van der Waals surface area (Å²) < 4.78 is 0. The highest BCUT2D eigenvalue weighted by molar-refractivity contribution is 5.85. The van der Waals surface area contributed by atoms with E-state index in [-0.39, 0.29) is 18.4 Å². The Hall–Kier alpha value is -0.280. The molecule has 3 unspecified atom stereocenters. The van der Waals surface area contributed by atoms with E-state index in [4.69, 9.17) is 0 Å². The second kappa shape index (κ2) is 6.87. The van der Waals surface area contributed by atoms with E-state index in [1.807, 2.05) is 0 Å². The molecule has 3 nitrogen and oxygen atoms in total. The van der Waals surface area contributed by atoms with Gasteiger partial charge in [-0.25, -0.2) is 0 Å². The lowest BCUT2D eigenvalue weighted by Crippen LogP contribution is -2.46. The van der Waals surface area contributed by atoms with Gasteiger partial charge in [0.15, 0.2) is 0 Å². The number of amides is 1. The van der Waals surface area contributed by atoms with Crippen LogP contribution in [0.4, 0.5) is 0 Å². The van der Waals surface area contributed by atoms with Crippen LogP contribution in [0.2, 0.25) is 0 Å². The van der Waals surface area contributed by atoms with Gasteiger partial charge in [-0.1, -0.05) is 26.7 Å². The minimum absolute atomic E-state index is 0. The summed E-state index contributed by atoms with van der Waals surface area (Å²) in [5.74, 6) is 1.15. The van der Waals surface area contributed by atoms with Gasteiger partial charge in [-0.3, -0.25) is 4.79 Å². The van der Waals surface area contributed by atoms with Gasteiger partial charge >= 0.3 is 0 Å². The fourth-order valence-corrected chi connectivity index (χ4v) is 4.37. The van der Waals surface area contributed by atoms with Crippen molar-refractivity contribution in [1.82, 2.24) is 10.2 Å². The van der Waals surface area contributed by atoms with E-state index in [2.05, 4.69) is 24.1 Å². The molecule has 1 aliphatic carbocycles. The first-order chi connectivity index (χ1) is 9.55. The van der Waals surface area contributed by atoms with Crippen LogP contribution in [0, 0.1) is 11.3 Å². The lowest BCUT2D eigenvalue weighted by atomic mass is 9.85. The molecular weight excluding hydrogens is 284 g/mol. The molecule has 1 amide bonds. The molecular formula is C17H31ClN2O. The molecule has 2 aliphatic heterocycles. The number of likely N-dealkylation sites (tertiary alicyclic amines) is 1. The molecule has 0 radical (unpaired) electrons. The van der Waals surface area contributed by atoms with E-state index < -0.39 is 0 Å². The number of hydrogen-bond donors (Lipinski definition) is 1. The maximum absolute atomic E-state index is 12.8. The summed E-state index contributed by atoms with van der Waals surface area (Å²) in [7, 11) is 0. The fourth-order valence-electron chi connectivity index (χ4n) is 4.37. The van der Waals surface area contributed by atoms with Crippen LogP contribution in [0.1, 0.15) is 65.2 Å². The Balaban J connectivity index is 0.00000161. The molecule has 1 N–H and O–H groups in total. The van der Waals surface area contributed by atoms with E-state index >= 15 is 0 Å². The first-order valence-corrected chi connectivity index (χ1v) is 8.60. The van der Waals surface area contributed by atoms with E-state index in [1.165, 1.54) is 32.1 Å². The van der Waals surface area contributed by atoms with Gasteiger partial charge in [0, 0.05) is 19.1 Å². The molecule has 122 valence electrons. The molecule has 3 rings (SSSR count). The van der Waals surface area contributed by atoms with Gasteiger partial charge in [0.1, 0.15) is 0 Å². The topological polar surface area (TPSA) is 32.3 Å². The van der Waals surface area contributed by atoms with Crippen molar-refractivity contribution in [1.29, 1.82) is 0 Å². The number of nitrogens with zero attached hydrogens (tertiary/aromatic N) is 1. The maximum Gasteiger partial charge on any atom is 0.239 e. The second-order valence-electron chi connectivity index (χ2n) is 7.95. The van der Waals surface area contributed by atoms with Crippen molar-refractivity contribution in [3.8, 4) is 0 Å². The molecule has 1 saturated carbocycles. The molecule has 0 aromatic heterocycles. The Morgan fingerprint density at radius 2 is 1.86 bits per heavy atom. The van der Waals surface area contributed by atoms with Gasteiger partial charge in [0.2, 0.25) is 5.91 Å². The molecule has 3 fully saturated rings. The largest absolute Gasteiger partial charge is 0.341 e. The van der Waals surface area contributed by atoms with Gasteiger partial charge in [-0.2, -0.15) is 0 Å². The zero-order valence-corrected chi connectivity index (χ0v) is 14.4. The minimum Gasteiger partial charge on any atom is -0.341 e. The Labute approximate surface area is 135 Å². The van der Waals surface area contributed by atoms with E-state index in [0.717, 1.165) is 38.3 Å². The molecule has 2 heterocycles. The van der Waals surface area contributed by atoms with Gasteiger partial charge in [-0.05, 0) is 49.9 Å². The average Bonchev–Trinajstić information content (AvgIpc) is 2.77. The fraction of sp³-hybridized carbons (Fsp3) is 0.941. The molecule has 0 aromatic rings. The zero-order chi connectivity index (χ0) is 14.2. The van der Waals surface area contributed by atoms with Crippen molar-refractivity contribution >= 4 is 18.3 Å². The molecule has 0 spiro atoms. The normalized spacial score (nSPS) is 35.5. The number of carbonyl (C=O) groups is 1. The van der Waals surface area contributed by atoms with E-state index in [9.17, 15) is 4.79 Å². The van der Waals surface area contributed by atoms with Crippen LogP contribution in [-0.2, 0) is 4.79 Å². The molecule has 3 aliphatic rings. The third-order valence-corrected chi connectivity index (χ3v) is 5.81. The highest BCUT2D eigenvalue weighted by Crippen LogP contribution is 2.35. The van der Waals surface area contributed by atoms with Crippen LogP contribution < -0.4 is 5.32 Å². The van der Waals surface area contributed by atoms with Crippen LogP contribution in [0.15, 0.2) is 0 Å². The van der Waals surface area contributed by atoms with Crippen molar-refractivity contribution in [2.75, 3.05) is 13.1 Å². The molecule has 21 heavy (non-hydrogen) atoms. The quantitative estimate of drug-likeness (QED) is 0.805. The summed E-state index contributed by atoms with van der Waals surface area (Å²) >= 11 is 0. The van der Waals surface area contributed by atoms with Crippen molar-refractivity contribution in [3.05, 3.63) is 0 Å². The third-order valence-electron chi connectivity index (χ3n) is 5.81. The Morgan fingerprint density at radius 3 is 2.62 bits per heavy atom. The molecule has 3 atom stereocenters. The highest BCUT2D eigenvalue weighted by Gasteiger charge is 2.40. The van der Waals surface area contributed by atoms with Crippen LogP contribution >= 0.6 is 12.4 Å². The van der Waals surface area contributed by atoms with Gasteiger partial charge in [0.05, 0.1) is 6.04 Å². The lowest BCUT2D eigenvalue weighted by Gasteiger charge is -2.26. The smallest absolute Gasteiger partial charge is 0.239 e. The van der Waals surface area contributed by atoms with Crippen molar-refractivity contribution in [3.63, 3.8) is 0 Å². The molecule has 0 bridgehead atoms. The number of fused-ring (bicyclic) bond motifs is 1. The summed E-state index contributed by atoms with van der Waals surface area (Å²) in [4.78, 5) is 14.9. The first-order valence-electron chi connectivity index (χ1n) is 8.60. The van der Waals surface area contributed by atoms with Crippen LogP contribution in [0.5, 0.6) is 0 Å². The Kier molecular flexibility index (Phi) is 5.59. The predicted octanol–water partition coefficient (Wildman–Crippen LogP) is 3.37. The summed E-state index contributed by atoms with van der Waals surface area (Å²) in [6.07, 6.45) is 9.96. The van der Waals surface area contributed by atoms with Crippen LogP contribution in [-0.4, -0.2) is 36.0 Å². The minimum atomic E-state index is 0. The molecule has 2 saturated heterocycles. The number of halogens is 1. The highest BCUT2D eigenvalue weighted by atomic mass is 35.5. The van der Waals surface area contributed by atoms with Gasteiger partial charge in [-0.15, -0.1) is 12.4 Å². The molecule has 0 aromatic carbocycles. The average molecular weight is 315 g/mol. The first kappa shape index (κ1) is 17.1. The van der Waals surface area contributed by atoms with Crippen LogP contribution in [0.3, 0.4) is 0 Å². The summed E-state index contributed by atoms with van der Waals surface area (Å²) in [5, 5.41) is 3.64. The van der Waals surface area contributed by atoms with Gasteiger partial charge < -0.3 is 10.2 Å². The summed E-state index contributed by atoms with van der Waals surface area (Å²) in [6.45, 7) is 6.60. The third kappa shape index (κ3) is 3.92. The van der Waals surface area contributed by atoms with E-state index in [0.29, 0.717) is 17.4 Å². The predicted molar refractivity (Wildman–Crippen MR) is 88.7 cm³/mol. The monoisotopic (exact) mass is 314 g/mol. The van der Waals surface area contributed by atoms with Crippen molar-refractivity contribution in [2.45, 2.75) is 77.3 Å². The molecule has 4 heteroatoms. The zero-order valence-electron chi connectivity index (χ0n) is 13.6. The SMILES string of the molecule is CC1(C)CCCN(C(=O)C2CC3CCCCC3N2)CC1.Cl. The number of nitrogens with one attached hydrogen (secondary N) is 1. The second-order valence-corrected chi connectivity index (χ2v) is 7.95. The van der Waals surface area contributed by atoms with Crippen LogP contribution in [0.25, 0.3) is 0 Å². The standard InChI is InChI=1S/C17H30N2O.ClH/c1-17(2)8-5-10-19(11-9-17)16(20)15-12-13-6-3-4-7-14(13)18-15;/h13-15,18H,3-12H2,1-2H3;1H. The number of hydrogen-bond acceptors (Lipinski definition) is 2. The van der Waals surface area contributed by atoms with Crippen molar-refractivity contribution < 1.29 is 4.79 Å². The summed E-state index contributed by atoms with van der Waals surface area (Å²) in [5.41, 5.74) is 0.409. The van der Waals surface area contributed by atoms with E-state index in [1.54, 1.807) is 0 Å². The summed E-state index contributed by atoms with van der Waals surface area (Å²) in [6, 6.07) is 0.741. The number of carbonyl (C=O) groups excluding carboxylic acids is 1. The number of rotatable bonds is 1. The van der Waals surface area contributed by atoms with Gasteiger partial charge in [0.25, 0.3) is 0 Å².